The Bertz CT molecular complexity index is 1410. The summed E-state index contributed by atoms with van der Waals surface area (Å²) in [6.45, 7) is 0. The van der Waals surface area contributed by atoms with E-state index in [-0.39, 0.29) is 17.7 Å². The van der Waals surface area contributed by atoms with Crippen LogP contribution >= 0.6 is 0 Å². The number of amides is 1. The average molecular weight is 509 g/mol. The highest BCUT2D eigenvalue weighted by Gasteiger charge is 2.37. The summed E-state index contributed by atoms with van der Waals surface area (Å²) in [5, 5.41) is 4.99. The van der Waals surface area contributed by atoms with Crippen molar-refractivity contribution in [2.24, 2.45) is 7.05 Å². The van der Waals surface area contributed by atoms with E-state index in [1.165, 1.54) is 36.0 Å². The number of halogens is 6. The maximum Gasteiger partial charge on any atom is 0.416 e. The van der Waals surface area contributed by atoms with Gasteiger partial charge in [-0.1, -0.05) is 0 Å². The number of alkyl halides is 6. The predicted octanol–water partition coefficient (Wildman–Crippen LogP) is 5.90. The van der Waals surface area contributed by atoms with Crippen molar-refractivity contribution in [3.63, 3.8) is 0 Å². The summed E-state index contributed by atoms with van der Waals surface area (Å²) in [5.41, 5.74) is -2.27. The van der Waals surface area contributed by atoms with Crippen LogP contribution in [0.1, 0.15) is 21.6 Å². The zero-order chi connectivity index (χ0) is 26.3. The molecule has 13 heteroatoms. The molecule has 36 heavy (non-hydrogen) atoms. The molecule has 2 heterocycles. The van der Waals surface area contributed by atoms with Crippen LogP contribution in [0.4, 0.5) is 38.0 Å². The number of aromatic nitrogens is 3. The standard InChI is InChI=1S/C23H17F6N5O2/c1-30-20(35)18-11-16(5-6-31-18)36-15-3-4-19-17(10-15)33-21(34(19)2)32-14-8-12(22(24,25)26)7-13(9-14)23(27,28)29/h3-11H,1-2H3,(H,30,35)(H,32,33). The first-order chi connectivity index (χ1) is 16.8. The van der Waals surface area contributed by atoms with E-state index in [4.69, 9.17) is 4.74 Å². The lowest BCUT2D eigenvalue weighted by Gasteiger charge is -2.15. The molecule has 0 bridgehead atoms. The molecule has 0 saturated carbocycles. The van der Waals surface area contributed by atoms with Crippen molar-refractivity contribution in [1.82, 2.24) is 19.9 Å². The summed E-state index contributed by atoms with van der Waals surface area (Å²) in [6.07, 6.45) is -8.55. The van der Waals surface area contributed by atoms with Gasteiger partial charge in [0.05, 0.1) is 22.2 Å². The van der Waals surface area contributed by atoms with Crippen LogP contribution in [0, 0.1) is 0 Å². The number of carbonyl (C=O) groups is 1. The SMILES string of the molecule is CNC(=O)c1cc(Oc2ccc3c(c2)nc(Nc2cc(C(F)(F)F)cc(C(F)(F)F)c2)n3C)ccn1. The van der Waals surface area contributed by atoms with Crippen LogP contribution in [0.3, 0.4) is 0 Å². The van der Waals surface area contributed by atoms with E-state index in [1.807, 2.05) is 0 Å². The smallest absolute Gasteiger partial charge is 0.416 e. The zero-order valence-electron chi connectivity index (χ0n) is 18.6. The summed E-state index contributed by atoms with van der Waals surface area (Å²) in [5.74, 6) is 0.264. The molecule has 4 rings (SSSR count). The first kappa shape index (κ1) is 24.8. The second-order valence-electron chi connectivity index (χ2n) is 7.62. The molecule has 4 aromatic rings. The molecule has 0 radical (unpaired) electrons. The fourth-order valence-corrected chi connectivity index (χ4v) is 3.37. The number of benzene rings is 2. The molecular weight excluding hydrogens is 492 g/mol. The number of hydrogen-bond acceptors (Lipinski definition) is 5. The fourth-order valence-electron chi connectivity index (χ4n) is 3.37. The minimum absolute atomic E-state index is 0.0143. The van der Waals surface area contributed by atoms with Crippen LogP contribution in [-0.4, -0.2) is 27.5 Å². The van der Waals surface area contributed by atoms with Crippen molar-refractivity contribution >= 4 is 28.6 Å². The van der Waals surface area contributed by atoms with Crippen LogP contribution < -0.4 is 15.4 Å². The fraction of sp³-hybridized carbons (Fsp3) is 0.174. The molecule has 0 saturated heterocycles. The van der Waals surface area contributed by atoms with E-state index < -0.39 is 35.1 Å². The summed E-state index contributed by atoms with van der Waals surface area (Å²) >= 11 is 0. The topological polar surface area (TPSA) is 81.1 Å². The van der Waals surface area contributed by atoms with Gasteiger partial charge in [-0.05, 0) is 36.4 Å². The zero-order valence-corrected chi connectivity index (χ0v) is 18.6. The van der Waals surface area contributed by atoms with E-state index in [1.54, 1.807) is 19.2 Å². The van der Waals surface area contributed by atoms with Gasteiger partial charge in [0, 0.05) is 38.1 Å². The number of rotatable bonds is 5. The molecule has 0 atom stereocenters. The van der Waals surface area contributed by atoms with Crippen molar-refractivity contribution < 1.29 is 35.9 Å². The molecule has 2 N–H and O–H groups in total. The van der Waals surface area contributed by atoms with E-state index in [0.29, 0.717) is 34.7 Å². The van der Waals surface area contributed by atoms with Crippen molar-refractivity contribution in [3.8, 4) is 11.5 Å². The highest BCUT2D eigenvalue weighted by Crippen LogP contribution is 2.38. The molecule has 7 nitrogen and oxygen atoms in total. The molecule has 0 unspecified atom stereocenters. The van der Waals surface area contributed by atoms with Crippen LogP contribution in [0.5, 0.6) is 11.5 Å². The highest BCUT2D eigenvalue weighted by molar-refractivity contribution is 5.92. The van der Waals surface area contributed by atoms with Gasteiger partial charge in [0.25, 0.3) is 5.91 Å². The number of fused-ring (bicyclic) bond motifs is 1. The maximum atomic E-state index is 13.2. The van der Waals surface area contributed by atoms with Crippen LogP contribution in [0.15, 0.2) is 54.7 Å². The third-order valence-electron chi connectivity index (χ3n) is 5.12. The Hall–Kier alpha value is -4.29. The number of nitrogens with one attached hydrogen (secondary N) is 2. The molecule has 188 valence electrons. The minimum Gasteiger partial charge on any atom is -0.457 e. The predicted molar refractivity (Wildman–Crippen MR) is 118 cm³/mol. The van der Waals surface area contributed by atoms with E-state index in [2.05, 4.69) is 20.6 Å². The summed E-state index contributed by atoms with van der Waals surface area (Å²) in [4.78, 5) is 20.0. The van der Waals surface area contributed by atoms with Gasteiger partial charge in [0.2, 0.25) is 5.95 Å². The lowest BCUT2D eigenvalue weighted by Crippen LogP contribution is -2.18. The maximum absolute atomic E-state index is 13.2. The summed E-state index contributed by atoms with van der Waals surface area (Å²) in [7, 11) is 3.01. The van der Waals surface area contributed by atoms with Crippen molar-refractivity contribution in [3.05, 3.63) is 71.5 Å². The van der Waals surface area contributed by atoms with E-state index in [0.717, 1.165) is 0 Å². The van der Waals surface area contributed by atoms with Crippen LogP contribution in [-0.2, 0) is 19.4 Å². The lowest BCUT2D eigenvalue weighted by atomic mass is 10.1. The van der Waals surface area contributed by atoms with Crippen molar-refractivity contribution in [2.75, 3.05) is 12.4 Å². The molecule has 2 aromatic heterocycles. The van der Waals surface area contributed by atoms with E-state index >= 15 is 0 Å². The van der Waals surface area contributed by atoms with Gasteiger partial charge in [-0.15, -0.1) is 0 Å². The Kier molecular flexibility index (Phi) is 6.24. The molecule has 1 amide bonds. The third kappa shape index (κ3) is 5.19. The van der Waals surface area contributed by atoms with Crippen LogP contribution in [0.25, 0.3) is 11.0 Å². The number of aryl methyl sites for hydroxylation is 1. The minimum atomic E-state index is -4.97. The summed E-state index contributed by atoms with van der Waals surface area (Å²) < 4.78 is 86.3. The molecule has 0 aliphatic heterocycles. The van der Waals surface area contributed by atoms with Crippen molar-refractivity contribution in [1.29, 1.82) is 0 Å². The van der Waals surface area contributed by atoms with Gasteiger partial charge in [-0.2, -0.15) is 26.3 Å². The van der Waals surface area contributed by atoms with Gasteiger partial charge in [0.1, 0.15) is 17.2 Å². The largest absolute Gasteiger partial charge is 0.457 e. The number of pyridine rings is 1. The first-order valence-corrected chi connectivity index (χ1v) is 10.2. The highest BCUT2D eigenvalue weighted by atomic mass is 19.4. The monoisotopic (exact) mass is 509 g/mol. The summed E-state index contributed by atoms with van der Waals surface area (Å²) in [6, 6.07) is 8.93. The number of hydrogen-bond donors (Lipinski definition) is 2. The average Bonchev–Trinajstić information content (AvgIpc) is 3.11. The molecule has 2 aromatic carbocycles. The number of nitrogens with zero attached hydrogens (tertiary/aromatic N) is 3. The molecule has 0 aliphatic carbocycles. The van der Waals surface area contributed by atoms with Gasteiger partial charge >= 0.3 is 12.4 Å². The molecular formula is C23H17F6N5O2. The van der Waals surface area contributed by atoms with Crippen molar-refractivity contribution in [2.45, 2.75) is 12.4 Å². The number of imidazole rings is 1. The third-order valence-corrected chi connectivity index (χ3v) is 5.12. The van der Waals surface area contributed by atoms with Gasteiger partial charge in [-0.3, -0.25) is 9.78 Å². The Labute approximate surface area is 199 Å². The van der Waals surface area contributed by atoms with E-state index in [9.17, 15) is 31.1 Å². The normalized spacial score (nSPS) is 12.0. The lowest BCUT2D eigenvalue weighted by molar-refractivity contribution is -0.143. The Balaban J connectivity index is 1.65. The Morgan fingerprint density at radius 1 is 0.917 bits per heavy atom. The Morgan fingerprint density at radius 2 is 1.56 bits per heavy atom. The number of ether oxygens (including phenoxy) is 1. The van der Waals surface area contributed by atoms with Crippen LogP contribution in [0.2, 0.25) is 0 Å². The molecule has 0 spiro atoms. The first-order valence-electron chi connectivity index (χ1n) is 10.2. The molecule has 0 fully saturated rings. The van der Waals surface area contributed by atoms with Gasteiger partial charge < -0.3 is 19.9 Å². The molecule has 0 aliphatic rings. The second-order valence-corrected chi connectivity index (χ2v) is 7.62. The number of carbonyl (C=O) groups excluding carboxylic acids is 1. The Morgan fingerprint density at radius 3 is 2.17 bits per heavy atom. The quantitative estimate of drug-likeness (QED) is 0.328. The second kappa shape index (κ2) is 9.06. The van der Waals surface area contributed by atoms with Gasteiger partial charge in [0.15, 0.2) is 0 Å². The van der Waals surface area contributed by atoms with Gasteiger partial charge in [-0.25, -0.2) is 4.98 Å². The number of anilines is 2.